The fraction of sp³-hybridized carbons (Fsp3) is 0.259. The molecule has 1 atom stereocenters. The van der Waals surface area contributed by atoms with E-state index < -0.39 is 18.1 Å². The molecule has 0 fully saturated rings. The number of fused-ring (bicyclic) bond motifs is 3. The molecule has 2 N–H and O–H groups in total. The molecule has 34 heavy (non-hydrogen) atoms. The minimum atomic E-state index is -1.05. The van der Waals surface area contributed by atoms with Crippen LogP contribution in [0.1, 0.15) is 29.0 Å². The average molecular weight is 524 g/mol. The van der Waals surface area contributed by atoms with Crippen LogP contribution in [0, 0.1) is 0 Å². The number of carboxylic acids is 1. The molecule has 3 aromatic carbocycles. The van der Waals surface area contributed by atoms with E-state index in [4.69, 9.17) is 9.47 Å². The van der Waals surface area contributed by atoms with Gasteiger partial charge in [0.15, 0.2) is 0 Å². The predicted molar refractivity (Wildman–Crippen MR) is 132 cm³/mol. The molecule has 1 aliphatic rings. The standard InChI is InChI=1S/C27H27NO5Se/c1-32-19-12-10-18(11-13-19)17-34-15-14-25(26(29)30)28-27(31)33-16-24-22-8-4-2-6-20(22)21-7-3-5-9-23(21)24/h2-13,24-25H,14-17H2,1H3,(H,28,31)(H,29,30)/t25-/m0/s1. The van der Waals surface area contributed by atoms with Crippen molar-refractivity contribution in [2.24, 2.45) is 0 Å². The monoisotopic (exact) mass is 525 g/mol. The Labute approximate surface area is 205 Å². The molecule has 0 unspecified atom stereocenters. The van der Waals surface area contributed by atoms with Crippen LogP contribution in [0.25, 0.3) is 11.1 Å². The van der Waals surface area contributed by atoms with Crippen LogP contribution in [0.15, 0.2) is 72.8 Å². The summed E-state index contributed by atoms with van der Waals surface area (Å²) in [5.74, 6) is -0.294. The number of hydrogen-bond donors (Lipinski definition) is 2. The molecule has 0 aliphatic heterocycles. The summed E-state index contributed by atoms with van der Waals surface area (Å²) in [5.41, 5.74) is 5.72. The van der Waals surface area contributed by atoms with Gasteiger partial charge in [-0.2, -0.15) is 0 Å². The van der Waals surface area contributed by atoms with Crippen LogP contribution in [0.3, 0.4) is 0 Å². The van der Waals surface area contributed by atoms with E-state index >= 15 is 0 Å². The molecule has 0 bridgehead atoms. The molecular weight excluding hydrogens is 497 g/mol. The third-order valence-electron chi connectivity index (χ3n) is 5.91. The summed E-state index contributed by atoms with van der Waals surface area (Å²) < 4.78 is 10.7. The molecule has 176 valence electrons. The van der Waals surface area contributed by atoms with Gasteiger partial charge in [0.1, 0.15) is 0 Å². The molecular formula is C27H27NO5Se. The van der Waals surface area contributed by atoms with Gasteiger partial charge in [0, 0.05) is 0 Å². The molecule has 0 spiro atoms. The Bertz CT molecular complexity index is 1100. The van der Waals surface area contributed by atoms with Gasteiger partial charge >= 0.3 is 206 Å². The van der Waals surface area contributed by atoms with Gasteiger partial charge in [0.05, 0.1) is 0 Å². The van der Waals surface area contributed by atoms with Crippen molar-refractivity contribution in [3.8, 4) is 16.9 Å². The zero-order chi connectivity index (χ0) is 23.9. The Hall–Kier alpha value is -3.28. The van der Waals surface area contributed by atoms with Gasteiger partial charge in [-0.25, -0.2) is 0 Å². The molecule has 0 saturated heterocycles. The molecule has 0 radical (unpaired) electrons. The third kappa shape index (κ3) is 5.61. The zero-order valence-electron chi connectivity index (χ0n) is 18.9. The molecule has 6 nitrogen and oxygen atoms in total. The summed E-state index contributed by atoms with van der Waals surface area (Å²) >= 11 is 0.227. The van der Waals surface area contributed by atoms with Crippen LogP contribution in [-0.2, 0) is 14.9 Å². The van der Waals surface area contributed by atoms with E-state index in [-0.39, 0.29) is 27.5 Å². The Balaban J connectivity index is 1.27. The van der Waals surface area contributed by atoms with Crippen molar-refractivity contribution >= 4 is 27.0 Å². The zero-order valence-corrected chi connectivity index (χ0v) is 20.6. The van der Waals surface area contributed by atoms with Crippen molar-refractivity contribution < 1.29 is 24.2 Å². The van der Waals surface area contributed by atoms with Gasteiger partial charge in [-0.15, -0.1) is 0 Å². The fourth-order valence-electron chi connectivity index (χ4n) is 4.15. The number of amides is 1. The molecule has 3 aromatic rings. The van der Waals surface area contributed by atoms with Crippen molar-refractivity contribution in [2.75, 3.05) is 13.7 Å². The van der Waals surface area contributed by atoms with Gasteiger partial charge in [0.2, 0.25) is 0 Å². The summed E-state index contributed by atoms with van der Waals surface area (Å²) in [7, 11) is 1.63. The molecule has 1 aliphatic carbocycles. The maximum absolute atomic E-state index is 12.4. The number of rotatable bonds is 10. The molecule has 0 aromatic heterocycles. The molecule has 7 heteroatoms. The number of alkyl carbamates (subject to hydrolysis) is 1. The van der Waals surface area contributed by atoms with Crippen LogP contribution in [0.5, 0.6) is 5.75 Å². The second-order valence-electron chi connectivity index (χ2n) is 8.05. The van der Waals surface area contributed by atoms with E-state index in [0.717, 1.165) is 38.6 Å². The summed E-state index contributed by atoms with van der Waals surface area (Å²) in [6.45, 7) is 0.160. The molecule has 0 heterocycles. The predicted octanol–water partition coefficient (Wildman–Crippen LogP) is 4.70. The first-order chi connectivity index (χ1) is 16.6. The van der Waals surface area contributed by atoms with Gasteiger partial charge in [-0.3, -0.25) is 0 Å². The van der Waals surface area contributed by atoms with E-state index in [1.54, 1.807) is 7.11 Å². The number of benzene rings is 3. The number of methoxy groups -OCH3 is 1. The number of aliphatic carboxylic acids is 1. The van der Waals surface area contributed by atoms with Crippen LogP contribution in [0.4, 0.5) is 4.79 Å². The molecule has 1 amide bonds. The van der Waals surface area contributed by atoms with E-state index in [9.17, 15) is 14.7 Å². The van der Waals surface area contributed by atoms with Crippen molar-refractivity contribution in [1.29, 1.82) is 0 Å². The Morgan fingerprint density at radius 1 is 0.971 bits per heavy atom. The van der Waals surface area contributed by atoms with Crippen molar-refractivity contribution in [3.63, 3.8) is 0 Å². The number of nitrogens with one attached hydrogen (secondary N) is 1. The Morgan fingerprint density at radius 2 is 1.59 bits per heavy atom. The van der Waals surface area contributed by atoms with Crippen LogP contribution >= 0.6 is 0 Å². The van der Waals surface area contributed by atoms with Crippen molar-refractivity contribution in [3.05, 3.63) is 89.5 Å². The number of carbonyl (C=O) groups excluding carboxylic acids is 1. The second-order valence-corrected chi connectivity index (χ2v) is 10.4. The van der Waals surface area contributed by atoms with Gasteiger partial charge in [0.25, 0.3) is 0 Å². The Kier molecular flexibility index (Phi) is 7.88. The van der Waals surface area contributed by atoms with Gasteiger partial charge < -0.3 is 0 Å². The number of ether oxygens (including phenoxy) is 2. The van der Waals surface area contributed by atoms with Crippen molar-refractivity contribution in [1.82, 2.24) is 5.32 Å². The third-order valence-corrected chi connectivity index (χ3v) is 8.14. The average Bonchev–Trinajstić information content (AvgIpc) is 3.18. The first-order valence-corrected chi connectivity index (χ1v) is 13.5. The minimum absolute atomic E-state index is 0.0609. The maximum atomic E-state index is 12.4. The summed E-state index contributed by atoms with van der Waals surface area (Å²) in [5, 5.41) is 13.7. The molecule has 0 saturated carbocycles. The second kappa shape index (κ2) is 11.2. The van der Waals surface area contributed by atoms with E-state index in [1.165, 1.54) is 5.56 Å². The summed E-state index contributed by atoms with van der Waals surface area (Å²) in [6.07, 6.45) is -0.327. The normalized spacial score (nSPS) is 13.0. The van der Waals surface area contributed by atoms with Crippen LogP contribution in [0.2, 0.25) is 5.32 Å². The SMILES string of the molecule is COc1ccc(C[Se]CC[C@H](NC(=O)OCC2c3ccccc3-c3ccccc32)C(=O)O)cc1. The van der Waals surface area contributed by atoms with Crippen LogP contribution < -0.4 is 10.1 Å². The quantitative estimate of drug-likeness (QED) is 0.297. The van der Waals surface area contributed by atoms with E-state index in [0.29, 0.717) is 6.42 Å². The number of carboxylic acid groups (broad SMARTS) is 1. The summed E-state index contributed by atoms with van der Waals surface area (Å²) in [6, 6.07) is 23.1. The van der Waals surface area contributed by atoms with Gasteiger partial charge in [-0.05, 0) is 0 Å². The first-order valence-electron chi connectivity index (χ1n) is 11.1. The summed E-state index contributed by atoms with van der Waals surface area (Å²) in [4.78, 5) is 24.1. The number of carbonyl (C=O) groups is 2. The van der Waals surface area contributed by atoms with Gasteiger partial charge in [-0.1, -0.05) is 0 Å². The topological polar surface area (TPSA) is 84.9 Å². The Morgan fingerprint density at radius 3 is 2.18 bits per heavy atom. The van der Waals surface area contributed by atoms with Crippen LogP contribution in [-0.4, -0.2) is 51.9 Å². The van der Waals surface area contributed by atoms with E-state index in [1.807, 2.05) is 60.7 Å². The first kappa shape index (κ1) is 23.9. The fourth-order valence-corrected chi connectivity index (χ4v) is 6.20. The number of hydrogen-bond acceptors (Lipinski definition) is 4. The van der Waals surface area contributed by atoms with E-state index in [2.05, 4.69) is 17.4 Å². The van der Waals surface area contributed by atoms with Crippen molar-refractivity contribution in [2.45, 2.75) is 29.0 Å². The molecule has 4 rings (SSSR count).